The maximum Gasteiger partial charge on any atom is 0.287 e. The van der Waals surface area contributed by atoms with Crippen molar-refractivity contribution in [3.63, 3.8) is 0 Å². The van der Waals surface area contributed by atoms with Crippen molar-refractivity contribution in [2.75, 3.05) is 20.3 Å². The zero-order valence-electron chi connectivity index (χ0n) is 15.5. The highest BCUT2D eigenvalue weighted by atomic mass is 16.5. The largest absolute Gasteiger partial charge is 0.493 e. The number of benzene rings is 1. The third-order valence-electron chi connectivity index (χ3n) is 5.05. The van der Waals surface area contributed by atoms with Gasteiger partial charge in [0.1, 0.15) is 6.04 Å². The van der Waals surface area contributed by atoms with Gasteiger partial charge in [-0.3, -0.25) is 9.59 Å². The second-order valence-electron chi connectivity index (χ2n) is 6.95. The molecule has 27 heavy (non-hydrogen) atoms. The van der Waals surface area contributed by atoms with Crippen LogP contribution in [0.2, 0.25) is 0 Å². The molecule has 1 aromatic heterocycles. The number of fused-ring (bicyclic) bond motifs is 1. The summed E-state index contributed by atoms with van der Waals surface area (Å²) in [5.41, 5.74) is 0.465. The fourth-order valence-electron chi connectivity index (χ4n) is 3.49. The zero-order chi connectivity index (χ0) is 19.2. The molecule has 1 saturated carbocycles. The lowest BCUT2D eigenvalue weighted by atomic mass is 9.89. The highest BCUT2D eigenvalue weighted by Gasteiger charge is 2.24. The molecule has 0 aliphatic heterocycles. The van der Waals surface area contributed by atoms with E-state index in [9.17, 15) is 14.7 Å². The maximum atomic E-state index is 12.5. The molecule has 1 heterocycles. The first-order chi connectivity index (χ1) is 13.1. The molecule has 7 heteroatoms. The number of aliphatic hydroxyl groups is 1. The average molecular weight is 374 g/mol. The predicted molar refractivity (Wildman–Crippen MR) is 101 cm³/mol. The molecule has 0 bridgehead atoms. The van der Waals surface area contributed by atoms with E-state index in [1.165, 1.54) is 26.4 Å². The molecule has 1 aliphatic carbocycles. The number of hydrogen-bond donors (Lipinski definition) is 3. The molecule has 3 rings (SSSR count). The molecule has 2 aromatic rings. The molecule has 146 valence electrons. The van der Waals surface area contributed by atoms with E-state index >= 15 is 0 Å². The van der Waals surface area contributed by atoms with Crippen LogP contribution in [0, 0.1) is 5.92 Å². The summed E-state index contributed by atoms with van der Waals surface area (Å²) in [6.45, 7) is 0.0961. The molecule has 1 fully saturated rings. The van der Waals surface area contributed by atoms with Crippen LogP contribution in [0.5, 0.6) is 5.75 Å². The molecule has 0 radical (unpaired) electrons. The van der Waals surface area contributed by atoms with Crippen LogP contribution in [0.25, 0.3) is 11.0 Å². The van der Waals surface area contributed by atoms with E-state index in [4.69, 9.17) is 9.15 Å². The zero-order valence-corrected chi connectivity index (χ0v) is 15.5. The van der Waals surface area contributed by atoms with Gasteiger partial charge in [-0.2, -0.15) is 0 Å². The van der Waals surface area contributed by atoms with Gasteiger partial charge in [-0.15, -0.1) is 0 Å². The lowest BCUT2D eigenvalue weighted by molar-refractivity contribution is -0.124. The Morgan fingerprint density at radius 3 is 2.78 bits per heavy atom. The SMILES string of the molecule is COc1cccc2cc(C(=O)NC(CO)C(=O)NCC3CCCCC3)oc12. The summed E-state index contributed by atoms with van der Waals surface area (Å²) in [6, 6.07) is 5.91. The predicted octanol–water partition coefficient (Wildman–Crippen LogP) is 2.23. The summed E-state index contributed by atoms with van der Waals surface area (Å²) in [5.74, 6) is 0.120. The van der Waals surface area contributed by atoms with Gasteiger partial charge in [-0.25, -0.2) is 0 Å². The molecule has 1 aromatic carbocycles. The van der Waals surface area contributed by atoms with E-state index in [0.29, 0.717) is 23.8 Å². The summed E-state index contributed by atoms with van der Waals surface area (Å²) in [6.07, 6.45) is 5.85. The summed E-state index contributed by atoms with van der Waals surface area (Å²) in [4.78, 5) is 24.8. The van der Waals surface area contributed by atoms with Crippen molar-refractivity contribution in [1.82, 2.24) is 10.6 Å². The van der Waals surface area contributed by atoms with E-state index in [0.717, 1.165) is 18.2 Å². The van der Waals surface area contributed by atoms with Crippen LogP contribution in [0.4, 0.5) is 0 Å². The smallest absolute Gasteiger partial charge is 0.287 e. The van der Waals surface area contributed by atoms with Gasteiger partial charge in [0.15, 0.2) is 17.1 Å². The molecule has 1 unspecified atom stereocenters. The highest BCUT2D eigenvalue weighted by molar-refractivity contribution is 5.99. The Morgan fingerprint density at radius 2 is 2.07 bits per heavy atom. The van der Waals surface area contributed by atoms with Crippen molar-refractivity contribution in [3.8, 4) is 5.75 Å². The first-order valence-electron chi connectivity index (χ1n) is 9.38. The van der Waals surface area contributed by atoms with Gasteiger partial charge >= 0.3 is 0 Å². The van der Waals surface area contributed by atoms with Crippen LogP contribution in [0.1, 0.15) is 42.7 Å². The lowest BCUT2D eigenvalue weighted by Crippen LogP contribution is -2.49. The number of rotatable bonds is 7. The number of ether oxygens (including phenoxy) is 1. The van der Waals surface area contributed by atoms with Crippen LogP contribution in [0.15, 0.2) is 28.7 Å². The molecular formula is C20H26N2O5. The third-order valence-corrected chi connectivity index (χ3v) is 5.05. The van der Waals surface area contributed by atoms with E-state index in [1.807, 2.05) is 0 Å². The number of nitrogens with one attached hydrogen (secondary N) is 2. The number of aliphatic hydroxyl groups excluding tert-OH is 1. The molecule has 0 saturated heterocycles. The van der Waals surface area contributed by atoms with Gasteiger partial charge in [0, 0.05) is 11.9 Å². The first kappa shape index (κ1) is 19.2. The lowest BCUT2D eigenvalue weighted by Gasteiger charge is -2.23. The number of para-hydroxylation sites is 1. The van der Waals surface area contributed by atoms with E-state index in [1.54, 1.807) is 24.3 Å². The third kappa shape index (κ3) is 4.60. The number of carbonyl (C=O) groups is 2. The van der Waals surface area contributed by atoms with E-state index in [-0.39, 0.29) is 11.7 Å². The summed E-state index contributed by atoms with van der Waals surface area (Å²) < 4.78 is 10.8. The minimum absolute atomic E-state index is 0.0630. The Labute approximate surface area is 158 Å². The van der Waals surface area contributed by atoms with Crippen molar-refractivity contribution in [2.24, 2.45) is 5.92 Å². The summed E-state index contributed by atoms with van der Waals surface area (Å²) in [5, 5.41) is 15.6. The Morgan fingerprint density at radius 1 is 1.30 bits per heavy atom. The number of furan rings is 1. The number of methoxy groups -OCH3 is 1. The molecule has 7 nitrogen and oxygen atoms in total. The first-order valence-corrected chi connectivity index (χ1v) is 9.38. The van der Waals surface area contributed by atoms with Crippen molar-refractivity contribution in [2.45, 2.75) is 38.1 Å². The standard InChI is InChI=1S/C20H26N2O5/c1-26-16-9-5-8-14-10-17(27-18(14)16)20(25)22-15(12-23)19(24)21-11-13-6-3-2-4-7-13/h5,8-10,13,15,23H,2-4,6-7,11-12H2,1H3,(H,21,24)(H,22,25). The van der Waals surface area contributed by atoms with Crippen LogP contribution in [-0.2, 0) is 4.79 Å². The van der Waals surface area contributed by atoms with Gasteiger partial charge in [0.05, 0.1) is 13.7 Å². The monoisotopic (exact) mass is 374 g/mol. The average Bonchev–Trinajstić information content (AvgIpc) is 3.15. The Kier molecular flexibility index (Phi) is 6.34. The minimum Gasteiger partial charge on any atom is -0.493 e. The summed E-state index contributed by atoms with van der Waals surface area (Å²) >= 11 is 0. The fourth-order valence-corrected chi connectivity index (χ4v) is 3.49. The molecule has 3 N–H and O–H groups in total. The Balaban J connectivity index is 1.61. The Bertz CT molecular complexity index is 795. The second kappa shape index (κ2) is 8.90. The second-order valence-corrected chi connectivity index (χ2v) is 6.95. The van der Waals surface area contributed by atoms with Crippen molar-refractivity contribution >= 4 is 22.8 Å². The van der Waals surface area contributed by atoms with Gasteiger partial charge in [0.2, 0.25) is 5.91 Å². The van der Waals surface area contributed by atoms with E-state index < -0.39 is 18.6 Å². The fraction of sp³-hybridized carbons (Fsp3) is 0.500. The van der Waals surface area contributed by atoms with Crippen molar-refractivity contribution < 1.29 is 23.8 Å². The van der Waals surface area contributed by atoms with E-state index in [2.05, 4.69) is 10.6 Å². The maximum absolute atomic E-state index is 12.5. The Hall–Kier alpha value is -2.54. The van der Waals surface area contributed by atoms with Crippen LogP contribution in [-0.4, -0.2) is 43.2 Å². The quantitative estimate of drug-likeness (QED) is 0.690. The van der Waals surface area contributed by atoms with Crippen LogP contribution >= 0.6 is 0 Å². The van der Waals surface area contributed by atoms with Crippen molar-refractivity contribution in [3.05, 3.63) is 30.0 Å². The topological polar surface area (TPSA) is 101 Å². The van der Waals surface area contributed by atoms with Gasteiger partial charge in [-0.05, 0) is 30.9 Å². The van der Waals surface area contributed by atoms with Gasteiger partial charge < -0.3 is 24.9 Å². The van der Waals surface area contributed by atoms with Gasteiger partial charge in [0.25, 0.3) is 5.91 Å². The number of carbonyl (C=O) groups excluding carboxylic acids is 2. The minimum atomic E-state index is -1.02. The van der Waals surface area contributed by atoms with Crippen LogP contribution in [0.3, 0.4) is 0 Å². The van der Waals surface area contributed by atoms with Crippen LogP contribution < -0.4 is 15.4 Å². The molecule has 2 amide bonds. The summed E-state index contributed by atoms with van der Waals surface area (Å²) in [7, 11) is 1.52. The van der Waals surface area contributed by atoms with Gasteiger partial charge in [-0.1, -0.05) is 31.4 Å². The number of amides is 2. The molecule has 1 atom stereocenters. The molecule has 0 spiro atoms. The molecule has 1 aliphatic rings. The normalized spacial score (nSPS) is 16.1. The molecular weight excluding hydrogens is 348 g/mol. The highest BCUT2D eigenvalue weighted by Crippen LogP contribution is 2.28. The van der Waals surface area contributed by atoms with Crippen molar-refractivity contribution in [1.29, 1.82) is 0 Å². The number of hydrogen-bond acceptors (Lipinski definition) is 5.